The standard InChI is InChI=1S/C16H24N4O3.HI/c1-20-5-8-21-13(11-20)10-18-16(17)19-12-3-4-14-15(9-12)23-7-2-6-22-14;/h3-4,9,13H,2,5-8,10-11H2,1H3,(H3,17,18,19);1H. The first-order valence-corrected chi connectivity index (χ1v) is 7.97. The Morgan fingerprint density at radius 1 is 1.29 bits per heavy atom. The van der Waals surface area contributed by atoms with Crippen molar-refractivity contribution >= 4 is 35.6 Å². The number of fused-ring (bicyclic) bond motifs is 1. The Kier molecular flexibility index (Phi) is 7.38. The normalized spacial score (nSPS) is 21.5. The fraction of sp³-hybridized carbons (Fsp3) is 0.562. The lowest BCUT2D eigenvalue weighted by atomic mass is 10.2. The van der Waals surface area contributed by atoms with Crippen LogP contribution in [-0.4, -0.2) is 63.5 Å². The third kappa shape index (κ3) is 5.38. The zero-order valence-electron chi connectivity index (χ0n) is 13.9. The summed E-state index contributed by atoms with van der Waals surface area (Å²) in [5.41, 5.74) is 6.79. The molecule has 1 unspecified atom stereocenters. The Morgan fingerprint density at radius 3 is 2.88 bits per heavy atom. The number of halogens is 1. The molecular formula is C16H25IN4O3. The molecular weight excluding hydrogens is 423 g/mol. The highest BCUT2D eigenvalue weighted by molar-refractivity contribution is 14.0. The first-order chi connectivity index (χ1) is 11.2. The van der Waals surface area contributed by atoms with Crippen LogP contribution in [0.2, 0.25) is 0 Å². The summed E-state index contributed by atoms with van der Waals surface area (Å²) in [6, 6.07) is 5.67. The van der Waals surface area contributed by atoms with Crippen molar-refractivity contribution in [3.05, 3.63) is 18.2 Å². The van der Waals surface area contributed by atoms with Crippen molar-refractivity contribution in [2.24, 2.45) is 10.7 Å². The van der Waals surface area contributed by atoms with E-state index in [1.165, 1.54) is 0 Å². The lowest BCUT2D eigenvalue weighted by molar-refractivity contribution is -0.0136. The lowest BCUT2D eigenvalue weighted by Crippen LogP contribution is -2.41. The highest BCUT2D eigenvalue weighted by Gasteiger charge is 2.17. The molecule has 24 heavy (non-hydrogen) atoms. The molecule has 0 aromatic heterocycles. The van der Waals surface area contributed by atoms with Crippen LogP contribution in [0.15, 0.2) is 23.2 Å². The molecule has 1 atom stereocenters. The molecule has 0 spiro atoms. The van der Waals surface area contributed by atoms with E-state index in [1.807, 2.05) is 18.2 Å². The van der Waals surface area contributed by atoms with Crippen LogP contribution < -0.4 is 20.5 Å². The molecule has 2 heterocycles. The minimum Gasteiger partial charge on any atom is -0.490 e. The predicted molar refractivity (Wildman–Crippen MR) is 105 cm³/mol. The average molecular weight is 448 g/mol. The molecule has 2 aliphatic heterocycles. The molecule has 1 saturated heterocycles. The molecule has 3 N–H and O–H groups in total. The van der Waals surface area contributed by atoms with E-state index in [-0.39, 0.29) is 30.1 Å². The maximum Gasteiger partial charge on any atom is 0.193 e. The molecule has 1 aromatic carbocycles. The number of aliphatic imine (C=N–C) groups is 1. The maximum atomic E-state index is 5.96. The molecule has 0 aliphatic carbocycles. The Balaban J connectivity index is 0.00000208. The summed E-state index contributed by atoms with van der Waals surface area (Å²) in [6.45, 7) is 4.47. The van der Waals surface area contributed by atoms with Crippen molar-refractivity contribution in [1.29, 1.82) is 0 Å². The fourth-order valence-corrected chi connectivity index (χ4v) is 2.61. The number of likely N-dealkylation sites (N-methyl/N-ethyl adjacent to an activating group) is 1. The van der Waals surface area contributed by atoms with E-state index >= 15 is 0 Å². The second-order valence-electron chi connectivity index (χ2n) is 5.82. The van der Waals surface area contributed by atoms with Crippen LogP contribution in [0, 0.1) is 0 Å². The van der Waals surface area contributed by atoms with Gasteiger partial charge in [0.25, 0.3) is 0 Å². The van der Waals surface area contributed by atoms with Gasteiger partial charge in [-0.05, 0) is 19.2 Å². The van der Waals surface area contributed by atoms with Gasteiger partial charge in [-0.3, -0.25) is 4.99 Å². The molecule has 1 aromatic rings. The second-order valence-corrected chi connectivity index (χ2v) is 5.82. The van der Waals surface area contributed by atoms with Crippen molar-refractivity contribution < 1.29 is 14.2 Å². The largest absolute Gasteiger partial charge is 0.490 e. The van der Waals surface area contributed by atoms with Gasteiger partial charge in [-0.25, -0.2) is 0 Å². The lowest BCUT2D eigenvalue weighted by Gasteiger charge is -2.29. The Bertz CT molecular complexity index is 570. The fourth-order valence-electron chi connectivity index (χ4n) is 2.61. The van der Waals surface area contributed by atoms with Crippen molar-refractivity contribution in [3.63, 3.8) is 0 Å². The van der Waals surface area contributed by atoms with Gasteiger partial charge in [-0.15, -0.1) is 24.0 Å². The van der Waals surface area contributed by atoms with Gasteiger partial charge in [-0.1, -0.05) is 0 Å². The van der Waals surface area contributed by atoms with Crippen LogP contribution in [0.25, 0.3) is 0 Å². The third-order valence-electron chi connectivity index (χ3n) is 3.83. The number of nitrogens with two attached hydrogens (primary N) is 1. The third-order valence-corrected chi connectivity index (χ3v) is 3.83. The van der Waals surface area contributed by atoms with Gasteiger partial charge >= 0.3 is 0 Å². The average Bonchev–Trinajstić information content (AvgIpc) is 2.78. The number of nitrogens with zero attached hydrogens (tertiary/aromatic N) is 2. The van der Waals surface area contributed by atoms with Crippen LogP contribution in [0.1, 0.15) is 6.42 Å². The maximum absolute atomic E-state index is 5.96. The molecule has 134 valence electrons. The number of hydrogen-bond donors (Lipinski definition) is 2. The molecule has 0 amide bonds. The van der Waals surface area contributed by atoms with Crippen LogP contribution in [0.4, 0.5) is 5.69 Å². The molecule has 3 rings (SSSR count). The van der Waals surface area contributed by atoms with Crippen LogP contribution in [0.5, 0.6) is 11.5 Å². The number of nitrogens with one attached hydrogen (secondary N) is 1. The minimum absolute atomic E-state index is 0. The quantitative estimate of drug-likeness (QED) is 0.415. The Hall–Kier alpha value is -1.26. The molecule has 0 bridgehead atoms. The van der Waals surface area contributed by atoms with Crippen molar-refractivity contribution in [2.45, 2.75) is 12.5 Å². The van der Waals surface area contributed by atoms with Crippen LogP contribution in [0.3, 0.4) is 0 Å². The van der Waals surface area contributed by atoms with Crippen molar-refractivity contribution in [3.8, 4) is 11.5 Å². The van der Waals surface area contributed by atoms with Gasteiger partial charge in [-0.2, -0.15) is 0 Å². The summed E-state index contributed by atoms with van der Waals surface area (Å²) in [6.07, 6.45) is 0.981. The molecule has 0 radical (unpaired) electrons. The number of morpholine rings is 1. The summed E-state index contributed by atoms with van der Waals surface area (Å²) in [7, 11) is 2.08. The Morgan fingerprint density at radius 2 is 2.08 bits per heavy atom. The molecule has 7 nitrogen and oxygen atoms in total. The van der Waals surface area contributed by atoms with E-state index in [0.717, 1.165) is 43.3 Å². The summed E-state index contributed by atoms with van der Waals surface area (Å²) in [5, 5.41) is 3.09. The van der Waals surface area contributed by atoms with Gasteiger partial charge < -0.3 is 30.2 Å². The van der Waals surface area contributed by atoms with Gasteiger partial charge in [0.2, 0.25) is 0 Å². The van der Waals surface area contributed by atoms with Crippen molar-refractivity contribution in [1.82, 2.24) is 4.90 Å². The summed E-state index contributed by atoms with van der Waals surface area (Å²) in [4.78, 5) is 6.60. The number of anilines is 1. The number of hydrogen-bond acceptors (Lipinski definition) is 5. The Labute approximate surface area is 159 Å². The smallest absolute Gasteiger partial charge is 0.193 e. The van der Waals surface area contributed by atoms with Gasteiger partial charge in [0.15, 0.2) is 17.5 Å². The summed E-state index contributed by atoms with van der Waals surface area (Å²) < 4.78 is 16.9. The molecule has 2 aliphatic rings. The molecule has 0 saturated carbocycles. The van der Waals surface area contributed by atoms with E-state index in [2.05, 4.69) is 22.3 Å². The molecule has 1 fully saturated rings. The number of benzene rings is 1. The van der Waals surface area contributed by atoms with Crippen molar-refractivity contribution in [2.75, 3.05) is 51.8 Å². The van der Waals surface area contributed by atoms with Gasteiger partial charge in [0.05, 0.1) is 32.5 Å². The van der Waals surface area contributed by atoms with Crippen LogP contribution in [-0.2, 0) is 4.74 Å². The number of rotatable bonds is 3. The highest BCUT2D eigenvalue weighted by Crippen LogP contribution is 2.32. The highest BCUT2D eigenvalue weighted by atomic mass is 127. The van der Waals surface area contributed by atoms with E-state index < -0.39 is 0 Å². The monoisotopic (exact) mass is 448 g/mol. The topological polar surface area (TPSA) is 81.3 Å². The zero-order valence-corrected chi connectivity index (χ0v) is 16.2. The number of guanidine groups is 1. The number of ether oxygens (including phenoxy) is 3. The van der Waals surface area contributed by atoms with Crippen LogP contribution >= 0.6 is 24.0 Å². The first-order valence-electron chi connectivity index (χ1n) is 7.97. The minimum atomic E-state index is 0. The van der Waals surface area contributed by atoms with E-state index in [0.29, 0.717) is 25.7 Å². The molecule has 8 heteroatoms. The van der Waals surface area contributed by atoms with E-state index in [4.69, 9.17) is 19.9 Å². The van der Waals surface area contributed by atoms with E-state index in [9.17, 15) is 0 Å². The zero-order chi connectivity index (χ0) is 16.1. The summed E-state index contributed by atoms with van der Waals surface area (Å²) >= 11 is 0. The van der Waals surface area contributed by atoms with Gasteiger partial charge in [0, 0.05) is 31.3 Å². The summed E-state index contributed by atoms with van der Waals surface area (Å²) in [5.74, 6) is 1.87. The van der Waals surface area contributed by atoms with E-state index in [1.54, 1.807) is 0 Å². The second kappa shape index (κ2) is 9.28. The first kappa shape index (κ1) is 19.1. The van der Waals surface area contributed by atoms with Gasteiger partial charge in [0.1, 0.15) is 0 Å². The predicted octanol–water partition coefficient (Wildman–Crippen LogP) is 1.52. The SMILES string of the molecule is CN1CCOC(CN=C(N)Nc2ccc3c(c2)OCCCO3)C1.I.